The molecule has 0 bridgehead atoms. The summed E-state index contributed by atoms with van der Waals surface area (Å²) < 4.78 is 0. The molecule has 2 rings (SSSR count). The van der Waals surface area contributed by atoms with Crippen LogP contribution < -0.4 is 5.32 Å². The summed E-state index contributed by atoms with van der Waals surface area (Å²) >= 11 is 7.51. The summed E-state index contributed by atoms with van der Waals surface area (Å²) in [7, 11) is 0. The molecule has 3 nitrogen and oxygen atoms in total. The lowest BCUT2D eigenvalue weighted by Gasteiger charge is -2.02. The van der Waals surface area contributed by atoms with Crippen LogP contribution in [0.15, 0.2) is 24.4 Å². The molecule has 0 fully saturated rings. The molecule has 0 unspecified atom stereocenters. The minimum atomic E-state index is 0.269. The highest BCUT2D eigenvalue weighted by Gasteiger charge is 2.00. The maximum atomic E-state index is 5.69. The second kappa shape index (κ2) is 5.27. The van der Waals surface area contributed by atoms with E-state index in [1.807, 2.05) is 11.3 Å². The van der Waals surface area contributed by atoms with Crippen molar-refractivity contribution < 1.29 is 0 Å². The smallest absolute Gasteiger partial charge is 0.224 e. The van der Waals surface area contributed by atoms with Crippen molar-refractivity contribution in [3.63, 3.8) is 0 Å². The van der Waals surface area contributed by atoms with Crippen molar-refractivity contribution in [1.29, 1.82) is 0 Å². The van der Waals surface area contributed by atoms with Crippen molar-refractivity contribution >= 4 is 28.8 Å². The SMILES string of the molecule is CCc1ccc(CNc2ccnc(Cl)n2)s1. The van der Waals surface area contributed by atoms with Gasteiger partial charge in [0.05, 0.1) is 6.54 Å². The fraction of sp³-hybridized carbons (Fsp3) is 0.273. The molecule has 0 radical (unpaired) electrons. The predicted molar refractivity (Wildman–Crippen MR) is 68.1 cm³/mol. The third-order valence-corrected chi connectivity index (χ3v) is 3.55. The first-order valence-electron chi connectivity index (χ1n) is 5.08. The highest BCUT2D eigenvalue weighted by atomic mass is 35.5. The lowest BCUT2D eigenvalue weighted by molar-refractivity contribution is 1.10. The van der Waals surface area contributed by atoms with Crippen LogP contribution in [0.2, 0.25) is 5.28 Å². The lowest BCUT2D eigenvalue weighted by Crippen LogP contribution is -1.99. The Labute approximate surface area is 104 Å². The molecule has 0 aliphatic heterocycles. The second-order valence-corrected chi connectivity index (χ2v) is 4.88. The van der Waals surface area contributed by atoms with E-state index >= 15 is 0 Å². The van der Waals surface area contributed by atoms with Crippen LogP contribution in [0, 0.1) is 0 Å². The Morgan fingerprint density at radius 1 is 1.31 bits per heavy atom. The third kappa shape index (κ3) is 2.93. The van der Waals surface area contributed by atoms with Gasteiger partial charge in [-0.15, -0.1) is 11.3 Å². The number of nitrogens with one attached hydrogen (secondary N) is 1. The molecule has 0 saturated heterocycles. The van der Waals surface area contributed by atoms with E-state index in [0.717, 1.165) is 18.8 Å². The van der Waals surface area contributed by atoms with Gasteiger partial charge in [0, 0.05) is 16.0 Å². The number of thiophene rings is 1. The average molecular weight is 254 g/mol. The first-order chi connectivity index (χ1) is 7.78. The molecule has 0 spiro atoms. The van der Waals surface area contributed by atoms with Crippen molar-refractivity contribution in [3.8, 4) is 0 Å². The van der Waals surface area contributed by atoms with Crippen molar-refractivity contribution in [2.75, 3.05) is 5.32 Å². The van der Waals surface area contributed by atoms with Crippen LogP contribution in [0.25, 0.3) is 0 Å². The van der Waals surface area contributed by atoms with E-state index in [2.05, 4.69) is 34.3 Å². The number of hydrogen-bond acceptors (Lipinski definition) is 4. The van der Waals surface area contributed by atoms with Crippen molar-refractivity contribution in [3.05, 3.63) is 39.4 Å². The number of hydrogen-bond donors (Lipinski definition) is 1. The largest absolute Gasteiger partial charge is 0.365 e. The Bertz CT molecular complexity index is 470. The number of anilines is 1. The molecule has 0 amide bonds. The van der Waals surface area contributed by atoms with Crippen LogP contribution >= 0.6 is 22.9 Å². The zero-order valence-electron chi connectivity index (χ0n) is 8.90. The Hall–Kier alpha value is -1.13. The zero-order chi connectivity index (χ0) is 11.4. The van der Waals surface area contributed by atoms with E-state index in [0.29, 0.717) is 0 Å². The molecule has 2 heterocycles. The highest BCUT2D eigenvalue weighted by molar-refractivity contribution is 7.12. The molecule has 5 heteroatoms. The van der Waals surface area contributed by atoms with Gasteiger partial charge in [0.2, 0.25) is 5.28 Å². The zero-order valence-corrected chi connectivity index (χ0v) is 10.5. The highest BCUT2D eigenvalue weighted by Crippen LogP contribution is 2.18. The normalized spacial score (nSPS) is 10.4. The van der Waals surface area contributed by atoms with Crippen molar-refractivity contribution in [1.82, 2.24) is 9.97 Å². The summed E-state index contributed by atoms with van der Waals surface area (Å²) in [4.78, 5) is 10.6. The molecule has 0 aromatic carbocycles. The Morgan fingerprint density at radius 2 is 2.12 bits per heavy atom. The minimum absolute atomic E-state index is 0.269. The van der Waals surface area contributed by atoms with E-state index in [4.69, 9.17) is 11.6 Å². The van der Waals surface area contributed by atoms with Gasteiger partial charge in [0.1, 0.15) is 5.82 Å². The third-order valence-electron chi connectivity index (χ3n) is 2.14. The van der Waals surface area contributed by atoms with Gasteiger partial charge in [-0.25, -0.2) is 9.97 Å². The van der Waals surface area contributed by atoms with Crippen LogP contribution in [0.5, 0.6) is 0 Å². The molecular weight excluding hydrogens is 242 g/mol. The Kier molecular flexibility index (Phi) is 3.74. The fourth-order valence-electron chi connectivity index (χ4n) is 1.32. The van der Waals surface area contributed by atoms with Gasteiger partial charge in [0.25, 0.3) is 0 Å². The monoisotopic (exact) mass is 253 g/mol. The Morgan fingerprint density at radius 3 is 2.81 bits per heavy atom. The summed E-state index contributed by atoms with van der Waals surface area (Å²) in [5.41, 5.74) is 0. The Balaban J connectivity index is 1.96. The molecule has 1 N–H and O–H groups in total. The molecule has 0 aliphatic rings. The first-order valence-corrected chi connectivity index (χ1v) is 6.27. The van der Waals surface area contributed by atoms with Gasteiger partial charge in [-0.3, -0.25) is 0 Å². The topological polar surface area (TPSA) is 37.8 Å². The summed E-state index contributed by atoms with van der Waals surface area (Å²) in [5.74, 6) is 0.756. The second-order valence-electron chi connectivity index (χ2n) is 3.29. The molecule has 2 aromatic rings. The van der Waals surface area contributed by atoms with Crippen molar-refractivity contribution in [2.45, 2.75) is 19.9 Å². The summed E-state index contributed by atoms with van der Waals surface area (Å²) in [6, 6.07) is 6.11. The van der Waals surface area contributed by atoms with E-state index in [-0.39, 0.29) is 5.28 Å². The molecular formula is C11H12ClN3S. The lowest BCUT2D eigenvalue weighted by atomic mass is 10.3. The van der Waals surface area contributed by atoms with Gasteiger partial charge in [-0.05, 0) is 36.2 Å². The van der Waals surface area contributed by atoms with Gasteiger partial charge < -0.3 is 5.32 Å². The number of aryl methyl sites for hydroxylation is 1. The number of rotatable bonds is 4. The number of halogens is 1. The molecule has 0 saturated carbocycles. The first kappa shape index (κ1) is 11.4. The minimum Gasteiger partial charge on any atom is -0.365 e. The van der Waals surface area contributed by atoms with E-state index < -0.39 is 0 Å². The maximum absolute atomic E-state index is 5.69. The van der Waals surface area contributed by atoms with Crippen LogP contribution in [-0.2, 0) is 13.0 Å². The van der Waals surface area contributed by atoms with E-state index in [1.165, 1.54) is 9.75 Å². The standard InChI is InChI=1S/C11H12ClN3S/c1-2-8-3-4-9(16-8)7-14-10-5-6-13-11(12)15-10/h3-6H,2,7H2,1H3,(H,13,14,15). The van der Waals surface area contributed by atoms with Gasteiger partial charge in [-0.2, -0.15) is 0 Å². The van der Waals surface area contributed by atoms with E-state index in [9.17, 15) is 0 Å². The van der Waals surface area contributed by atoms with Crippen LogP contribution in [-0.4, -0.2) is 9.97 Å². The molecule has 16 heavy (non-hydrogen) atoms. The quantitative estimate of drug-likeness (QED) is 0.849. The summed E-state index contributed by atoms with van der Waals surface area (Å²) in [5, 5.41) is 3.48. The van der Waals surface area contributed by atoms with Gasteiger partial charge >= 0.3 is 0 Å². The van der Waals surface area contributed by atoms with E-state index in [1.54, 1.807) is 12.3 Å². The van der Waals surface area contributed by atoms with Crippen LogP contribution in [0.1, 0.15) is 16.7 Å². The number of aromatic nitrogens is 2. The van der Waals surface area contributed by atoms with Gasteiger partial charge in [0.15, 0.2) is 0 Å². The number of nitrogens with zero attached hydrogens (tertiary/aromatic N) is 2. The van der Waals surface area contributed by atoms with Gasteiger partial charge in [-0.1, -0.05) is 6.92 Å². The molecule has 0 atom stereocenters. The van der Waals surface area contributed by atoms with Crippen LogP contribution in [0.3, 0.4) is 0 Å². The molecule has 0 aliphatic carbocycles. The fourth-order valence-corrected chi connectivity index (χ4v) is 2.36. The average Bonchev–Trinajstić information content (AvgIpc) is 2.74. The molecule has 84 valence electrons. The maximum Gasteiger partial charge on any atom is 0.224 e. The van der Waals surface area contributed by atoms with Crippen molar-refractivity contribution in [2.24, 2.45) is 0 Å². The molecule has 2 aromatic heterocycles. The summed E-state index contributed by atoms with van der Waals surface area (Å²) in [6.07, 6.45) is 2.73. The van der Waals surface area contributed by atoms with Crippen LogP contribution in [0.4, 0.5) is 5.82 Å². The summed E-state index contributed by atoms with van der Waals surface area (Å²) in [6.45, 7) is 2.94. The predicted octanol–water partition coefficient (Wildman–Crippen LogP) is 3.37.